The Morgan fingerprint density at radius 2 is 1.83 bits per heavy atom. The van der Waals surface area contributed by atoms with Gasteiger partial charge in [-0.05, 0) is 54.4 Å². The van der Waals surface area contributed by atoms with E-state index in [-0.39, 0.29) is 4.90 Å². The summed E-state index contributed by atoms with van der Waals surface area (Å²) in [4.78, 5) is 0.246. The Morgan fingerprint density at radius 1 is 1.04 bits per heavy atom. The zero-order chi connectivity index (χ0) is 16.0. The Hall–Kier alpha value is -2.31. The van der Waals surface area contributed by atoms with E-state index >= 15 is 0 Å². The fourth-order valence-corrected chi connectivity index (χ4v) is 4.54. The number of benzene rings is 2. The first-order chi connectivity index (χ1) is 11.1. The van der Waals surface area contributed by atoms with Gasteiger partial charge in [-0.3, -0.25) is 0 Å². The van der Waals surface area contributed by atoms with Crippen molar-refractivity contribution in [1.29, 1.82) is 0 Å². The average molecular weight is 327 g/mol. The monoisotopic (exact) mass is 327 g/mol. The van der Waals surface area contributed by atoms with E-state index in [1.54, 1.807) is 30.5 Å². The number of nitrogens with two attached hydrogens (primary N) is 1. The number of aromatic nitrogens is 1. The third kappa shape index (κ3) is 2.22. The molecule has 5 nitrogen and oxygen atoms in total. The molecule has 1 aliphatic heterocycles. The van der Waals surface area contributed by atoms with Gasteiger partial charge in [0, 0.05) is 23.8 Å². The lowest BCUT2D eigenvalue weighted by atomic mass is 10.1. The van der Waals surface area contributed by atoms with Crippen molar-refractivity contribution in [3.05, 3.63) is 59.8 Å². The van der Waals surface area contributed by atoms with Crippen LogP contribution in [0.1, 0.15) is 11.1 Å². The van der Waals surface area contributed by atoms with Gasteiger partial charge in [-0.1, -0.05) is 12.1 Å². The summed E-state index contributed by atoms with van der Waals surface area (Å²) in [7, 11) is -3.63. The molecule has 0 amide bonds. The number of hydrogen-bond donors (Lipinski definition) is 2. The molecule has 4 rings (SSSR count). The highest BCUT2D eigenvalue weighted by atomic mass is 32.2. The van der Waals surface area contributed by atoms with Gasteiger partial charge in [-0.15, -0.1) is 0 Å². The number of hydrogen-bond acceptors (Lipinski definition) is 4. The summed E-state index contributed by atoms with van der Waals surface area (Å²) in [6.45, 7) is 1.60. The van der Waals surface area contributed by atoms with Gasteiger partial charge in [0.2, 0.25) is 0 Å². The number of anilines is 1. The minimum atomic E-state index is -3.63. The number of nitrogen functional groups attached to an aromatic ring is 1. The van der Waals surface area contributed by atoms with Gasteiger partial charge in [-0.25, -0.2) is 12.4 Å². The molecule has 3 aromatic rings. The van der Waals surface area contributed by atoms with E-state index in [0.29, 0.717) is 5.69 Å². The third-order valence-corrected chi connectivity index (χ3v) is 5.97. The molecular weight excluding hydrogens is 310 g/mol. The van der Waals surface area contributed by atoms with Crippen molar-refractivity contribution < 1.29 is 8.42 Å². The summed E-state index contributed by atoms with van der Waals surface area (Å²) in [5.74, 6) is 0. The van der Waals surface area contributed by atoms with Crippen molar-refractivity contribution in [3.8, 4) is 0 Å². The number of nitrogens with zero attached hydrogens (tertiary/aromatic N) is 1. The molecule has 0 radical (unpaired) electrons. The van der Waals surface area contributed by atoms with E-state index in [1.165, 1.54) is 3.97 Å². The van der Waals surface area contributed by atoms with Gasteiger partial charge >= 0.3 is 0 Å². The Morgan fingerprint density at radius 3 is 2.61 bits per heavy atom. The molecule has 0 aliphatic carbocycles. The highest BCUT2D eigenvalue weighted by Gasteiger charge is 2.23. The van der Waals surface area contributed by atoms with Gasteiger partial charge in [0.15, 0.2) is 0 Å². The van der Waals surface area contributed by atoms with Crippen LogP contribution in [-0.2, 0) is 23.0 Å². The molecule has 6 heteroatoms. The van der Waals surface area contributed by atoms with Crippen molar-refractivity contribution in [1.82, 2.24) is 9.29 Å². The van der Waals surface area contributed by atoms with Crippen LogP contribution in [0, 0.1) is 0 Å². The maximum atomic E-state index is 13.0. The van der Waals surface area contributed by atoms with E-state index in [0.717, 1.165) is 41.5 Å². The first-order valence-electron chi connectivity index (χ1n) is 7.51. The summed E-state index contributed by atoms with van der Waals surface area (Å²) >= 11 is 0. The fourth-order valence-electron chi connectivity index (χ4n) is 3.15. The van der Waals surface area contributed by atoms with Gasteiger partial charge in [-0.2, -0.15) is 0 Å². The summed E-state index contributed by atoms with van der Waals surface area (Å²) in [6.07, 6.45) is 2.57. The molecule has 0 spiro atoms. The second-order valence-corrected chi connectivity index (χ2v) is 7.58. The highest BCUT2D eigenvalue weighted by Crippen LogP contribution is 2.30. The minimum absolute atomic E-state index is 0.246. The quantitative estimate of drug-likeness (QED) is 0.707. The SMILES string of the molecule is Nc1ccc(S(=O)(=O)n2cc3c4c(cccc42)CNCC3)cc1. The molecule has 1 aliphatic rings. The van der Waals surface area contributed by atoms with Crippen LogP contribution in [0.5, 0.6) is 0 Å². The molecule has 2 aromatic carbocycles. The summed E-state index contributed by atoms with van der Waals surface area (Å²) in [5, 5.41) is 4.42. The first kappa shape index (κ1) is 14.3. The Bertz CT molecular complexity index is 989. The fraction of sp³-hybridized carbons (Fsp3) is 0.176. The lowest BCUT2D eigenvalue weighted by Gasteiger charge is -2.09. The van der Waals surface area contributed by atoms with E-state index in [9.17, 15) is 8.42 Å². The van der Waals surface area contributed by atoms with Crippen LogP contribution in [0.4, 0.5) is 5.69 Å². The molecule has 0 atom stereocenters. The standard InChI is InChI=1S/C17H17N3O2S/c18-14-4-6-15(7-5-14)23(21,22)20-11-13-8-9-19-10-12-2-1-3-16(20)17(12)13/h1-7,11,19H,8-10,18H2. The van der Waals surface area contributed by atoms with Crippen LogP contribution < -0.4 is 11.1 Å². The normalized spacial score (nSPS) is 14.8. The molecular formula is C17H17N3O2S. The maximum absolute atomic E-state index is 13.0. The highest BCUT2D eigenvalue weighted by molar-refractivity contribution is 7.90. The third-order valence-electron chi connectivity index (χ3n) is 4.28. The summed E-state index contributed by atoms with van der Waals surface area (Å²) in [5.41, 5.74) is 9.15. The predicted molar refractivity (Wildman–Crippen MR) is 90.8 cm³/mol. The number of rotatable bonds is 2. The molecule has 0 saturated carbocycles. The molecule has 23 heavy (non-hydrogen) atoms. The maximum Gasteiger partial charge on any atom is 0.268 e. The molecule has 1 aromatic heterocycles. The van der Waals surface area contributed by atoms with E-state index < -0.39 is 10.0 Å². The summed E-state index contributed by atoms with van der Waals surface area (Å²) in [6, 6.07) is 12.1. The zero-order valence-electron chi connectivity index (χ0n) is 12.5. The molecule has 0 bridgehead atoms. The molecule has 2 heterocycles. The first-order valence-corrected chi connectivity index (χ1v) is 8.95. The van der Waals surface area contributed by atoms with Crippen LogP contribution in [-0.4, -0.2) is 18.9 Å². The predicted octanol–water partition coefficient (Wildman–Crippen LogP) is 2.11. The van der Waals surface area contributed by atoms with Crippen molar-refractivity contribution in [2.24, 2.45) is 0 Å². The second kappa shape index (κ2) is 5.11. The lowest BCUT2D eigenvalue weighted by molar-refractivity contribution is 0.589. The number of nitrogens with one attached hydrogen (secondary N) is 1. The van der Waals surface area contributed by atoms with Crippen LogP contribution in [0.3, 0.4) is 0 Å². The molecule has 0 saturated heterocycles. The molecule has 0 fully saturated rings. The largest absolute Gasteiger partial charge is 0.399 e. The summed E-state index contributed by atoms with van der Waals surface area (Å²) < 4.78 is 27.4. The van der Waals surface area contributed by atoms with Gasteiger partial charge < -0.3 is 11.1 Å². The molecule has 118 valence electrons. The molecule has 3 N–H and O–H groups in total. The average Bonchev–Trinajstić information content (AvgIpc) is 2.79. The van der Waals surface area contributed by atoms with Gasteiger partial charge in [0.1, 0.15) is 0 Å². The van der Waals surface area contributed by atoms with Gasteiger partial charge in [0.25, 0.3) is 10.0 Å². The van der Waals surface area contributed by atoms with Crippen LogP contribution >= 0.6 is 0 Å². The Balaban J connectivity index is 1.98. The van der Waals surface area contributed by atoms with E-state index in [2.05, 4.69) is 5.32 Å². The van der Waals surface area contributed by atoms with Crippen LogP contribution in [0.25, 0.3) is 10.9 Å². The van der Waals surface area contributed by atoms with Crippen molar-refractivity contribution >= 4 is 26.6 Å². The van der Waals surface area contributed by atoms with Crippen molar-refractivity contribution in [2.45, 2.75) is 17.9 Å². The van der Waals surface area contributed by atoms with Gasteiger partial charge in [0.05, 0.1) is 10.4 Å². The lowest BCUT2D eigenvalue weighted by Crippen LogP contribution is -2.15. The Labute approximate surface area is 134 Å². The Kier molecular flexibility index (Phi) is 3.18. The van der Waals surface area contributed by atoms with Crippen molar-refractivity contribution in [2.75, 3.05) is 12.3 Å². The topological polar surface area (TPSA) is 77.1 Å². The van der Waals surface area contributed by atoms with Crippen LogP contribution in [0.2, 0.25) is 0 Å². The van der Waals surface area contributed by atoms with Crippen molar-refractivity contribution in [3.63, 3.8) is 0 Å². The minimum Gasteiger partial charge on any atom is -0.399 e. The molecule has 0 unspecified atom stereocenters. The second-order valence-electron chi connectivity index (χ2n) is 5.76. The zero-order valence-corrected chi connectivity index (χ0v) is 13.3. The van der Waals surface area contributed by atoms with Crippen LogP contribution in [0.15, 0.2) is 53.6 Å². The van der Waals surface area contributed by atoms with E-state index in [4.69, 9.17) is 5.73 Å². The van der Waals surface area contributed by atoms with E-state index in [1.807, 2.05) is 18.2 Å². The smallest absolute Gasteiger partial charge is 0.268 e.